The molecule has 202 valence electrons. The Morgan fingerprint density at radius 3 is 2.24 bits per heavy atom. The molecule has 0 spiro atoms. The normalized spacial score (nSPS) is 15.0. The second kappa shape index (κ2) is 12.5. The Morgan fingerprint density at radius 2 is 1.68 bits per heavy atom. The van der Waals surface area contributed by atoms with E-state index in [1.54, 1.807) is 0 Å². The van der Waals surface area contributed by atoms with Crippen LogP contribution in [-0.2, 0) is 26.3 Å². The summed E-state index contributed by atoms with van der Waals surface area (Å²) in [5, 5.41) is 3.09. The minimum Gasteiger partial charge on any atom is -0.352 e. The average Bonchev–Trinajstić information content (AvgIpc) is 3.37. The number of amides is 2. The fourth-order valence-corrected chi connectivity index (χ4v) is 5.64. The van der Waals surface area contributed by atoms with E-state index >= 15 is 0 Å². The van der Waals surface area contributed by atoms with Crippen molar-refractivity contribution in [3.05, 3.63) is 65.5 Å². The molecule has 1 aliphatic carbocycles. The highest BCUT2D eigenvalue weighted by Gasteiger charge is 2.34. The highest BCUT2D eigenvalue weighted by Crippen LogP contribution is 2.23. The van der Waals surface area contributed by atoms with Gasteiger partial charge in [-0.15, -0.1) is 0 Å². The Balaban J connectivity index is 1.97. The van der Waals surface area contributed by atoms with Crippen LogP contribution in [0.25, 0.3) is 0 Å². The van der Waals surface area contributed by atoms with Crippen LogP contribution >= 0.6 is 0 Å². The first-order valence-electron chi connectivity index (χ1n) is 12.6. The van der Waals surface area contributed by atoms with Crippen LogP contribution in [0.1, 0.15) is 50.2 Å². The molecular weight excluding hydrogens is 495 g/mol. The summed E-state index contributed by atoms with van der Waals surface area (Å²) in [6.45, 7) is 3.39. The molecule has 3 rings (SSSR count). The molecule has 1 N–H and O–H groups in total. The SMILES string of the molecule is CC[C@H](C(=O)NC1CCCC1)N(Cc1ccccc1C)C(=O)CN(c1ccc(F)cc1)S(=O)(=O)N(C)C. The zero-order valence-corrected chi connectivity index (χ0v) is 22.8. The minimum absolute atomic E-state index is 0.0850. The third kappa shape index (κ3) is 7.07. The predicted molar refractivity (Wildman–Crippen MR) is 143 cm³/mol. The van der Waals surface area contributed by atoms with Crippen LogP contribution in [-0.4, -0.2) is 62.2 Å². The molecule has 0 aliphatic heterocycles. The summed E-state index contributed by atoms with van der Waals surface area (Å²) < 4.78 is 41.9. The van der Waals surface area contributed by atoms with Crippen molar-refractivity contribution in [1.82, 2.24) is 14.5 Å². The summed E-state index contributed by atoms with van der Waals surface area (Å²) in [6.07, 6.45) is 4.30. The Hall–Kier alpha value is -2.98. The molecule has 0 aromatic heterocycles. The van der Waals surface area contributed by atoms with Crippen molar-refractivity contribution in [1.29, 1.82) is 0 Å². The van der Waals surface area contributed by atoms with Gasteiger partial charge in [0.1, 0.15) is 18.4 Å². The van der Waals surface area contributed by atoms with Crippen LogP contribution in [0.5, 0.6) is 0 Å². The highest BCUT2D eigenvalue weighted by molar-refractivity contribution is 7.90. The van der Waals surface area contributed by atoms with E-state index in [0.29, 0.717) is 6.42 Å². The maximum Gasteiger partial charge on any atom is 0.304 e. The second-order valence-electron chi connectivity index (χ2n) is 9.64. The van der Waals surface area contributed by atoms with E-state index in [1.807, 2.05) is 38.1 Å². The van der Waals surface area contributed by atoms with Crippen molar-refractivity contribution >= 4 is 27.7 Å². The van der Waals surface area contributed by atoms with E-state index in [9.17, 15) is 22.4 Å². The predicted octanol–water partition coefficient (Wildman–Crippen LogP) is 3.61. The molecule has 0 heterocycles. The van der Waals surface area contributed by atoms with E-state index in [1.165, 1.54) is 31.1 Å². The monoisotopic (exact) mass is 532 g/mol. The van der Waals surface area contributed by atoms with Gasteiger partial charge in [-0.2, -0.15) is 12.7 Å². The molecule has 0 unspecified atom stereocenters. The van der Waals surface area contributed by atoms with Crippen LogP contribution in [0.15, 0.2) is 48.5 Å². The first kappa shape index (κ1) is 28.6. The summed E-state index contributed by atoms with van der Waals surface area (Å²) in [4.78, 5) is 28.7. The number of halogens is 1. The largest absolute Gasteiger partial charge is 0.352 e. The Bertz CT molecular complexity index is 1180. The van der Waals surface area contributed by atoms with E-state index in [-0.39, 0.29) is 24.2 Å². The number of benzene rings is 2. The summed E-state index contributed by atoms with van der Waals surface area (Å²) in [6, 6.07) is 11.8. The molecule has 8 nitrogen and oxygen atoms in total. The maximum atomic E-state index is 13.9. The van der Waals surface area contributed by atoms with Crippen LogP contribution in [0.3, 0.4) is 0 Å². The van der Waals surface area contributed by atoms with Crippen LogP contribution in [0.4, 0.5) is 10.1 Å². The van der Waals surface area contributed by atoms with Crippen LogP contribution < -0.4 is 9.62 Å². The van der Waals surface area contributed by atoms with Gasteiger partial charge in [-0.1, -0.05) is 44.0 Å². The number of hydrogen-bond acceptors (Lipinski definition) is 4. The van der Waals surface area contributed by atoms with Gasteiger partial charge in [-0.3, -0.25) is 9.59 Å². The number of nitrogens with one attached hydrogen (secondary N) is 1. The molecule has 0 saturated heterocycles. The van der Waals surface area contributed by atoms with Crippen molar-refractivity contribution in [2.75, 3.05) is 24.9 Å². The molecule has 2 amide bonds. The minimum atomic E-state index is -4.09. The molecule has 1 fully saturated rings. The molecule has 0 bridgehead atoms. The van der Waals surface area contributed by atoms with E-state index in [4.69, 9.17) is 0 Å². The van der Waals surface area contributed by atoms with Gasteiger partial charge in [0.2, 0.25) is 11.8 Å². The van der Waals surface area contributed by atoms with Gasteiger partial charge in [-0.25, -0.2) is 8.70 Å². The fraction of sp³-hybridized carbons (Fsp3) is 0.481. The summed E-state index contributed by atoms with van der Waals surface area (Å²) >= 11 is 0. The average molecular weight is 533 g/mol. The molecule has 0 radical (unpaired) electrons. The molecule has 2 aromatic rings. The van der Waals surface area contributed by atoms with E-state index < -0.39 is 34.5 Å². The number of anilines is 1. The van der Waals surface area contributed by atoms with Gasteiger partial charge >= 0.3 is 10.2 Å². The van der Waals surface area contributed by atoms with Gasteiger partial charge in [0.05, 0.1) is 5.69 Å². The lowest BCUT2D eigenvalue weighted by Gasteiger charge is -2.34. The van der Waals surface area contributed by atoms with Crippen molar-refractivity contribution in [2.45, 2.75) is 64.6 Å². The van der Waals surface area contributed by atoms with Gasteiger partial charge < -0.3 is 10.2 Å². The number of carbonyl (C=O) groups excluding carboxylic acids is 2. The number of hydrogen-bond donors (Lipinski definition) is 1. The molecule has 1 aliphatic rings. The molecule has 2 aromatic carbocycles. The molecule has 37 heavy (non-hydrogen) atoms. The number of nitrogens with zero attached hydrogens (tertiary/aromatic N) is 3. The van der Waals surface area contributed by atoms with E-state index in [0.717, 1.165) is 57.6 Å². The van der Waals surface area contributed by atoms with Crippen LogP contribution in [0, 0.1) is 12.7 Å². The van der Waals surface area contributed by atoms with Gasteiger partial charge in [0, 0.05) is 26.7 Å². The number of carbonyl (C=O) groups is 2. The molecule has 1 saturated carbocycles. The van der Waals surface area contributed by atoms with Crippen LogP contribution in [0.2, 0.25) is 0 Å². The second-order valence-corrected chi connectivity index (χ2v) is 11.7. The first-order chi connectivity index (χ1) is 17.5. The zero-order chi connectivity index (χ0) is 27.2. The van der Waals surface area contributed by atoms with Gasteiger partial charge in [0.15, 0.2) is 0 Å². The van der Waals surface area contributed by atoms with Crippen molar-refractivity contribution in [2.24, 2.45) is 0 Å². The standard InChI is InChI=1S/C27H37FN4O4S/c1-5-25(27(34)29-23-12-8-9-13-23)31(18-21-11-7-6-10-20(21)2)26(33)19-32(37(35,36)30(3)4)24-16-14-22(28)15-17-24/h6-7,10-11,14-17,23,25H,5,8-9,12-13,18-19H2,1-4H3,(H,29,34)/t25-/m1/s1. The zero-order valence-electron chi connectivity index (χ0n) is 22.0. The summed E-state index contributed by atoms with van der Waals surface area (Å²) in [7, 11) is -1.36. The Labute approximate surface area is 219 Å². The van der Waals surface area contributed by atoms with Crippen molar-refractivity contribution in [3.63, 3.8) is 0 Å². The molecular formula is C27H37FN4O4S. The third-order valence-electron chi connectivity index (χ3n) is 6.82. The number of rotatable bonds is 11. The molecule has 1 atom stereocenters. The van der Waals surface area contributed by atoms with E-state index in [2.05, 4.69) is 5.32 Å². The van der Waals surface area contributed by atoms with Gasteiger partial charge in [-0.05, 0) is 61.6 Å². The lowest BCUT2D eigenvalue weighted by atomic mass is 10.1. The lowest BCUT2D eigenvalue weighted by molar-refractivity contribution is -0.140. The Morgan fingerprint density at radius 1 is 1.05 bits per heavy atom. The van der Waals surface area contributed by atoms with Crippen molar-refractivity contribution in [3.8, 4) is 0 Å². The summed E-state index contributed by atoms with van der Waals surface area (Å²) in [5.74, 6) is -1.28. The highest BCUT2D eigenvalue weighted by atomic mass is 32.2. The van der Waals surface area contributed by atoms with Crippen molar-refractivity contribution < 1.29 is 22.4 Å². The smallest absolute Gasteiger partial charge is 0.304 e. The maximum absolute atomic E-state index is 13.9. The lowest BCUT2D eigenvalue weighted by Crippen LogP contribution is -2.54. The Kier molecular flexibility index (Phi) is 9.67. The fourth-order valence-electron chi connectivity index (χ4n) is 4.58. The van der Waals surface area contributed by atoms with Gasteiger partial charge in [0.25, 0.3) is 0 Å². The number of aryl methyl sites for hydroxylation is 1. The topological polar surface area (TPSA) is 90.0 Å². The quantitative estimate of drug-likeness (QED) is 0.479. The third-order valence-corrected chi connectivity index (χ3v) is 8.64. The summed E-state index contributed by atoms with van der Waals surface area (Å²) in [5.41, 5.74) is 1.98. The molecule has 10 heteroatoms. The first-order valence-corrected chi connectivity index (χ1v) is 14.0.